The summed E-state index contributed by atoms with van der Waals surface area (Å²) in [7, 11) is 1.96. The SMILES string of the molecule is CCNCc1ccc(SCCc2cnn(C)c2)cc1. The van der Waals surface area contributed by atoms with Gasteiger partial charge in [-0.05, 0) is 36.2 Å². The Morgan fingerprint density at radius 3 is 2.63 bits per heavy atom. The largest absolute Gasteiger partial charge is 0.313 e. The zero-order valence-electron chi connectivity index (χ0n) is 11.6. The van der Waals surface area contributed by atoms with Crippen molar-refractivity contribution in [2.75, 3.05) is 12.3 Å². The van der Waals surface area contributed by atoms with Crippen LogP contribution in [0.25, 0.3) is 0 Å². The maximum absolute atomic E-state index is 4.18. The monoisotopic (exact) mass is 275 g/mol. The Hall–Kier alpha value is -1.26. The van der Waals surface area contributed by atoms with Gasteiger partial charge in [-0.3, -0.25) is 4.68 Å². The highest BCUT2D eigenvalue weighted by Crippen LogP contribution is 2.19. The van der Waals surface area contributed by atoms with E-state index in [9.17, 15) is 0 Å². The number of hydrogen-bond donors (Lipinski definition) is 1. The third-order valence-corrected chi connectivity index (χ3v) is 3.93. The normalized spacial score (nSPS) is 10.8. The van der Waals surface area contributed by atoms with E-state index in [1.54, 1.807) is 0 Å². The first-order valence-corrected chi connectivity index (χ1v) is 7.66. The van der Waals surface area contributed by atoms with E-state index in [1.807, 2.05) is 29.7 Å². The summed E-state index contributed by atoms with van der Waals surface area (Å²) in [6.45, 7) is 4.10. The topological polar surface area (TPSA) is 29.9 Å². The molecule has 1 heterocycles. The molecule has 0 bridgehead atoms. The zero-order chi connectivity index (χ0) is 13.5. The number of hydrogen-bond acceptors (Lipinski definition) is 3. The van der Waals surface area contributed by atoms with Crippen LogP contribution in [0.2, 0.25) is 0 Å². The number of aromatic nitrogens is 2. The quantitative estimate of drug-likeness (QED) is 0.788. The van der Waals surface area contributed by atoms with E-state index in [-0.39, 0.29) is 0 Å². The average molecular weight is 275 g/mol. The van der Waals surface area contributed by atoms with Gasteiger partial charge in [0.15, 0.2) is 0 Å². The molecule has 0 spiro atoms. The Morgan fingerprint density at radius 2 is 2.00 bits per heavy atom. The molecule has 3 nitrogen and oxygen atoms in total. The third kappa shape index (κ3) is 4.73. The van der Waals surface area contributed by atoms with Crippen molar-refractivity contribution in [3.8, 4) is 0 Å². The Morgan fingerprint density at radius 1 is 1.21 bits per heavy atom. The molecule has 102 valence electrons. The van der Waals surface area contributed by atoms with Gasteiger partial charge in [0, 0.05) is 30.4 Å². The molecular weight excluding hydrogens is 254 g/mol. The molecule has 19 heavy (non-hydrogen) atoms. The summed E-state index contributed by atoms with van der Waals surface area (Å²) in [4.78, 5) is 1.34. The van der Waals surface area contributed by atoms with Crippen molar-refractivity contribution in [1.82, 2.24) is 15.1 Å². The molecule has 0 fully saturated rings. The second-order valence-electron chi connectivity index (χ2n) is 4.54. The predicted octanol–water partition coefficient (Wildman–Crippen LogP) is 2.86. The highest BCUT2D eigenvalue weighted by Gasteiger charge is 1.99. The van der Waals surface area contributed by atoms with Gasteiger partial charge < -0.3 is 5.32 Å². The molecule has 0 aliphatic rings. The van der Waals surface area contributed by atoms with Crippen LogP contribution in [0.4, 0.5) is 0 Å². The molecule has 0 radical (unpaired) electrons. The molecular formula is C15H21N3S. The lowest BCUT2D eigenvalue weighted by molar-refractivity contribution is 0.726. The number of benzene rings is 1. The van der Waals surface area contributed by atoms with Crippen LogP contribution in [-0.4, -0.2) is 22.1 Å². The highest BCUT2D eigenvalue weighted by molar-refractivity contribution is 7.99. The molecule has 1 aromatic heterocycles. The summed E-state index contributed by atoms with van der Waals surface area (Å²) >= 11 is 1.90. The Balaban J connectivity index is 1.76. The minimum Gasteiger partial charge on any atom is -0.313 e. The van der Waals surface area contributed by atoms with E-state index < -0.39 is 0 Å². The number of nitrogens with zero attached hydrogens (tertiary/aromatic N) is 2. The van der Waals surface area contributed by atoms with Gasteiger partial charge in [-0.25, -0.2) is 0 Å². The Bertz CT molecular complexity index is 490. The summed E-state index contributed by atoms with van der Waals surface area (Å²) in [5, 5.41) is 7.52. The molecule has 0 aliphatic carbocycles. The molecule has 1 aromatic carbocycles. The van der Waals surface area contributed by atoms with Gasteiger partial charge in [0.05, 0.1) is 6.20 Å². The highest BCUT2D eigenvalue weighted by atomic mass is 32.2. The van der Waals surface area contributed by atoms with Crippen LogP contribution in [0.1, 0.15) is 18.1 Å². The van der Waals surface area contributed by atoms with Gasteiger partial charge in [0.1, 0.15) is 0 Å². The lowest BCUT2D eigenvalue weighted by Gasteiger charge is -2.04. The van der Waals surface area contributed by atoms with Crippen LogP contribution in [0, 0.1) is 0 Å². The standard InChI is InChI=1S/C15H21N3S/c1-3-16-10-13-4-6-15(7-5-13)19-9-8-14-11-17-18(2)12-14/h4-7,11-12,16H,3,8-10H2,1-2H3. The first kappa shape index (κ1) is 14.2. The number of nitrogens with one attached hydrogen (secondary N) is 1. The van der Waals surface area contributed by atoms with Gasteiger partial charge in [-0.15, -0.1) is 11.8 Å². The van der Waals surface area contributed by atoms with E-state index in [0.29, 0.717) is 0 Å². The molecule has 0 amide bonds. The molecule has 2 rings (SSSR count). The van der Waals surface area contributed by atoms with Gasteiger partial charge in [0.2, 0.25) is 0 Å². The summed E-state index contributed by atoms with van der Waals surface area (Å²) in [5.74, 6) is 1.10. The first-order valence-electron chi connectivity index (χ1n) is 6.68. The Labute approximate surface area is 119 Å². The first-order chi connectivity index (χ1) is 9.28. The minimum absolute atomic E-state index is 0.955. The second kappa shape index (κ2) is 7.36. The van der Waals surface area contributed by atoms with Crippen molar-refractivity contribution >= 4 is 11.8 Å². The molecule has 0 unspecified atom stereocenters. The van der Waals surface area contributed by atoms with Crippen LogP contribution < -0.4 is 5.32 Å². The summed E-state index contributed by atoms with van der Waals surface area (Å²) in [6, 6.07) is 8.82. The fourth-order valence-electron chi connectivity index (χ4n) is 1.86. The average Bonchev–Trinajstić information content (AvgIpc) is 2.84. The number of thioether (sulfide) groups is 1. The minimum atomic E-state index is 0.955. The van der Waals surface area contributed by atoms with E-state index in [4.69, 9.17) is 0 Å². The maximum Gasteiger partial charge on any atom is 0.0521 e. The summed E-state index contributed by atoms with van der Waals surface area (Å²) in [5.41, 5.74) is 2.65. The third-order valence-electron chi connectivity index (χ3n) is 2.92. The number of aryl methyl sites for hydroxylation is 2. The lowest BCUT2D eigenvalue weighted by Crippen LogP contribution is -2.11. The van der Waals surface area contributed by atoms with E-state index in [2.05, 4.69) is 47.8 Å². The van der Waals surface area contributed by atoms with Crippen LogP contribution in [0.5, 0.6) is 0 Å². The van der Waals surface area contributed by atoms with Gasteiger partial charge in [0.25, 0.3) is 0 Å². The van der Waals surface area contributed by atoms with Crippen molar-refractivity contribution in [2.24, 2.45) is 7.05 Å². The van der Waals surface area contributed by atoms with Crippen molar-refractivity contribution in [2.45, 2.75) is 24.8 Å². The predicted molar refractivity (Wildman–Crippen MR) is 81.5 cm³/mol. The molecule has 4 heteroatoms. The van der Waals surface area contributed by atoms with Crippen LogP contribution in [0.15, 0.2) is 41.6 Å². The fourth-order valence-corrected chi connectivity index (χ4v) is 2.76. The van der Waals surface area contributed by atoms with Gasteiger partial charge >= 0.3 is 0 Å². The van der Waals surface area contributed by atoms with Crippen LogP contribution >= 0.6 is 11.8 Å². The van der Waals surface area contributed by atoms with Gasteiger partial charge in [-0.1, -0.05) is 19.1 Å². The summed E-state index contributed by atoms with van der Waals surface area (Å²) < 4.78 is 1.86. The fraction of sp³-hybridized carbons (Fsp3) is 0.400. The number of rotatable bonds is 7. The van der Waals surface area contributed by atoms with Crippen molar-refractivity contribution in [3.63, 3.8) is 0 Å². The van der Waals surface area contributed by atoms with Gasteiger partial charge in [-0.2, -0.15) is 5.10 Å². The Kier molecular flexibility index (Phi) is 5.48. The molecule has 1 N–H and O–H groups in total. The van der Waals surface area contributed by atoms with Crippen molar-refractivity contribution < 1.29 is 0 Å². The maximum atomic E-state index is 4.18. The molecule has 0 atom stereocenters. The lowest BCUT2D eigenvalue weighted by atomic mass is 10.2. The second-order valence-corrected chi connectivity index (χ2v) is 5.71. The molecule has 0 saturated heterocycles. The van der Waals surface area contributed by atoms with E-state index >= 15 is 0 Å². The van der Waals surface area contributed by atoms with E-state index in [1.165, 1.54) is 16.0 Å². The van der Waals surface area contributed by atoms with E-state index in [0.717, 1.165) is 25.3 Å². The molecule has 2 aromatic rings. The molecule has 0 aliphatic heterocycles. The van der Waals surface area contributed by atoms with Crippen molar-refractivity contribution in [1.29, 1.82) is 0 Å². The van der Waals surface area contributed by atoms with Crippen molar-refractivity contribution in [3.05, 3.63) is 47.8 Å². The van der Waals surface area contributed by atoms with Crippen LogP contribution in [-0.2, 0) is 20.0 Å². The summed E-state index contributed by atoms with van der Waals surface area (Å²) in [6.07, 6.45) is 5.10. The smallest absolute Gasteiger partial charge is 0.0521 e. The molecule has 0 saturated carbocycles. The zero-order valence-corrected chi connectivity index (χ0v) is 12.4. The van der Waals surface area contributed by atoms with Crippen LogP contribution in [0.3, 0.4) is 0 Å².